The molecule has 0 radical (unpaired) electrons. The molecule has 0 bridgehead atoms. The molecule has 4 heteroatoms. The van der Waals surface area contributed by atoms with Crippen molar-refractivity contribution in [2.45, 2.75) is 25.3 Å². The molecule has 1 aromatic carbocycles. The molecule has 4 nitrogen and oxygen atoms in total. The normalized spacial score (nSPS) is 23.0. The van der Waals surface area contributed by atoms with Crippen LogP contribution in [0.2, 0.25) is 0 Å². The molecule has 1 aliphatic rings. The topological polar surface area (TPSA) is 73.1 Å². The summed E-state index contributed by atoms with van der Waals surface area (Å²) in [7, 11) is 0. The smallest absolute Gasteiger partial charge is 0.255 e. The Hall–Kier alpha value is -2.02. The minimum atomic E-state index is -0.310. The molecule has 2 unspecified atom stereocenters. The molecule has 2 rings (SSSR count). The minimum Gasteiger partial charge on any atom is -0.507 e. The third-order valence-electron chi connectivity index (χ3n) is 3.15. The van der Waals surface area contributed by atoms with Gasteiger partial charge in [0, 0.05) is 6.04 Å². The summed E-state index contributed by atoms with van der Waals surface area (Å²) in [6.07, 6.45) is 2.63. The van der Waals surface area contributed by atoms with Crippen molar-refractivity contribution in [1.29, 1.82) is 5.26 Å². The number of nitrogens with zero attached hydrogens (tertiary/aromatic N) is 1. The van der Waals surface area contributed by atoms with Gasteiger partial charge in [0.2, 0.25) is 0 Å². The van der Waals surface area contributed by atoms with Crippen molar-refractivity contribution < 1.29 is 9.90 Å². The van der Waals surface area contributed by atoms with Gasteiger partial charge in [-0.3, -0.25) is 4.79 Å². The molecule has 0 aliphatic heterocycles. The van der Waals surface area contributed by atoms with E-state index in [2.05, 4.69) is 11.4 Å². The first kappa shape index (κ1) is 11.5. The maximum absolute atomic E-state index is 11.9. The number of hydrogen-bond acceptors (Lipinski definition) is 3. The van der Waals surface area contributed by atoms with Gasteiger partial charge in [-0.05, 0) is 31.4 Å². The maximum atomic E-state index is 11.9. The maximum Gasteiger partial charge on any atom is 0.255 e. The number of nitriles is 1. The Balaban J connectivity index is 2.08. The standard InChI is InChI=1S/C13H14N2O2/c14-8-9-4-3-6-11(9)15-13(17)10-5-1-2-7-12(10)16/h1-2,5,7,9,11,16H,3-4,6H2,(H,15,17). The SMILES string of the molecule is N#CC1CCCC1NC(=O)c1ccccc1O. The van der Waals surface area contributed by atoms with Crippen LogP contribution in [0.3, 0.4) is 0 Å². The molecule has 88 valence electrons. The van der Waals surface area contributed by atoms with Gasteiger partial charge < -0.3 is 10.4 Å². The molecule has 1 aromatic rings. The summed E-state index contributed by atoms with van der Waals surface area (Å²) in [4.78, 5) is 11.9. The number of phenolic OH excluding ortho intramolecular Hbond substituents is 1. The van der Waals surface area contributed by atoms with Gasteiger partial charge in [0.1, 0.15) is 5.75 Å². The van der Waals surface area contributed by atoms with E-state index >= 15 is 0 Å². The van der Waals surface area contributed by atoms with Crippen LogP contribution in [0.1, 0.15) is 29.6 Å². The van der Waals surface area contributed by atoms with Crippen LogP contribution in [0.15, 0.2) is 24.3 Å². The number of nitrogens with one attached hydrogen (secondary N) is 1. The second kappa shape index (κ2) is 4.88. The van der Waals surface area contributed by atoms with E-state index in [4.69, 9.17) is 5.26 Å². The molecule has 2 atom stereocenters. The zero-order valence-electron chi connectivity index (χ0n) is 9.39. The number of para-hydroxylation sites is 1. The van der Waals surface area contributed by atoms with E-state index in [1.807, 2.05) is 0 Å². The fraction of sp³-hybridized carbons (Fsp3) is 0.385. The lowest BCUT2D eigenvalue weighted by Gasteiger charge is -2.15. The number of phenols is 1. The van der Waals surface area contributed by atoms with Crippen molar-refractivity contribution in [2.75, 3.05) is 0 Å². The largest absolute Gasteiger partial charge is 0.507 e. The fourth-order valence-electron chi connectivity index (χ4n) is 2.20. The lowest BCUT2D eigenvalue weighted by Crippen LogP contribution is -2.36. The average molecular weight is 230 g/mol. The summed E-state index contributed by atoms with van der Waals surface area (Å²) in [5.74, 6) is -0.448. The van der Waals surface area contributed by atoms with Gasteiger partial charge in [-0.15, -0.1) is 0 Å². The van der Waals surface area contributed by atoms with Crippen LogP contribution in [0.25, 0.3) is 0 Å². The highest BCUT2D eigenvalue weighted by Gasteiger charge is 2.29. The Bertz CT molecular complexity index is 465. The van der Waals surface area contributed by atoms with Crippen molar-refractivity contribution >= 4 is 5.91 Å². The van der Waals surface area contributed by atoms with Gasteiger partial charge >= 0.3 is 0 Å². The van der Waals surface area contributed by atoms with Crippen molar-refractivity contribution in [3.05, 3.63) is 29.8 Å². The van der Waals surface area contributed by atoms with Crippen LogP contribution in [-0.2, 0) is 0 Å². The first-order chi connectivity index (χ1) is 8.22. The second-order valence-corrected chi connectivity index (χ2v) is 4.26. The lowest BCUT2D eigenvalue weighted by atomic mass is 10.1. The predicted molar refractivity (Wildman–Crippen MR) is 62.3 cm³/mol. The third-order valence-corrected chi connectivity index (χ3v) is 3.15. The van der Waals surface area contributed by atoms with Crippen molar-refractivity contribution in [3.8, 4) is 11.8 Å². The van der Waals surface area contributed by atoms with Gasteiger partial charge in [0.15, 0.2) is 0 Å². The highest BCUT2D eigenvalue weighted by molar-refractivity contribution is 5.96. The van der Waals surface area contributed by atoms with Crippen LogP contribution in [0.5, 0.6) is 5.75 Å². The fourth-order valence-corrected chi connectivity index (χ4v) is 2.20. The Labute approximate surface area is 99.9 Å². The number of aromatic hydroxyl groups is 1. The molecule has 0 aromatic heterocycles. The lowest BCUT2D eigenvalue weighted by molar-refractivity contribution is 0.0930. The molecule has 0 spiro atoms. The zero-order chi connectivity index (χ0) is 12.3. The van der Waals surface area contributed by atoms with Crippen molar-refractivity contribution in [2.24, 2.45) is 5.92 Å². The van der Waals surface area contributed by atoms with Crippen LogP contribution in [0.4, 0.5) is 0 Å². The summed E-state index contributed by atoms with van der Waals surface area (Å²) >= 11 is 0. The Kier molecular flexibility index (Phi) is 3.29. The van der Waals surface area contributed by atoms with Gasteiger partial charge in [-0.1, -0.05) is 12.1 Å². The molecule has 17 heavy (non-hydrogen) atoms. The predicted octanol–water partition coefficient (Wildman–Crippen LogP) is 1.81. The van der Waals surface area contributed by atoms with E-state index in [0.29, 0.717) is 0 Å². The van der Waals surface area contributed by atoms with E-state index in [-0.39, 0.29) is 29.2 Å². The summed E-state index contributed by atoms with van der Waals surface area (Å²) in [6, 6.07) is 8.53. The van der Waals surface area contributed by atoms with E-state index in [1.165, 1.54) is 6.07 Å². The van der Waals surface area contributed by atoms with E-state index in [1.54, 1.807) is 18.2 Å². The van der Waals surface area contributed by atoms with Gasteiger partial charge in [-0.2, -0.15) is 5.26 Å². The van der Waals surface area contributed by atoms with Gasteiger partial charge in [0.05, 0.1) is 17.6 Å². The quantitative estimate of drug-likeness (QED) is 0.813. The zero-order valence-corrected chi connectivity index (χ0v) is 9.39. The summed E-state index contributed by atoms with van der Waals surface area (Å²) < 4.78 is 0. The molecule has 0 saturated heterocycles. The monoisotopic (exact) mass is 230 g/mol. The Morgan fingerprint density at radius 2 is 2.18 bits per heavy atom. The summed E-state index contributed by atoms with van der Waals surface area (Å²) in [5.41, 5.74) is 0.260. The highest BCUT2D eigenvalue weighted by atomic mass is 16.3. The summed E-state index contributed by atoms with van der Waals surface area (Å²) in [6.45, 7) is 0. The van der Waals surface area contributed by atoms with Crippen LogP contribution >= 0.6 is 0 Å². The van der Waals surface area contributed by atoms with Crippen molar-refractivity contribution in [3.63, 3.8) is 0 Å². The molecule has 2 N–H and O–H groups in total. The number of amides is 1. The van der Waals surface area contributed by atoms with E-state index in [9.17, 15) is 9.90 Å². The van der Waals surface area contributed by atoms with Crippen LogP contribution in [0, 0.1) is 17.2 Å². The molecule has 1 aliphatic carbocycles. The van der Waals surface area contributed by atoms with Gasteiger partial charge in [-0.25, -0.2) is 0 Å². The minimum absolute atomic E-state index is 0.0310. The van der Waals surface area contributed by atoms with Crippen LogP contribution in [-0.4, -0.2) is 17.1 Å². The Morgan fingerprint density at radius 3 is 2.88 bits per heavy atom. The number of carbonyl (C=O) groups is 1. The molecule has 1 amide bonds. The molecule has 1 saturated carbocycles. The molecule has 0 heterocycles. The third kappa shape index (κ3) is 2.39. The summed E-state index contributed by atoms with van der Waals surface area (Å²) in [5, 5.41) is 21.3. The molecular formula is C13H14N2O2. The Morgan fingerprint density at radius 1 is 1.41 bits per heavy atom. The first-order valence-corrected chi connectivity index (χ1v) is 5.71. The molecular weight excluding hydrogens is 216 g/mol. The first-order valence-electron chi connectivity index (χ1n) is 5.71. The highest BCUT2D eigenvalue weighted by Crippen LogP contribution is 2.25. The van der Waals surface area contributed by atoms with Gasteiger partial charge in [0.25, 0.3) is 5.91 Å². The van der Waals surface area contributed by atoms with E-state index in [0.717, 1.165) is 19.3 Å². The average Bonchev–Trinajstić information content (AvgIpc) is 2.76. The number of benzene rings is 1. The van der Waals surface area contributed by atoms with E-state index < -0.39 is 0 Å². The second-order valence-electron chi connectivity index (χ2n) is 4.26. The molecule has 1 fully saturated rings. The van der Waals surface area contributed by atoms with Crippen molar-refractivity contribution in [1.82, 2.24) is 5.32 Å². The number of hydrogen-bond donors (Lipinski definition) is 2. The van der Waals surface area contributed by atoms with Crippen LogP contribution < -0.4 is 5.32 Å². The number of carbonyl (C=O) groups excluding carboxylic acids is 1. The number of rotatable bonds is 2.